The van der Waals surface area contributed by atoms with Gasteiger partial charge in [0.15, 0.2) is 0 Å². The minimum absolute atomic E-state index is 0.0125. The second-order valence-electron chi connectivity index (χ2n) is 5.64. The minimum Gasteiger partial charge on any atom is -0.390 e. The Morgan fingerprint density at radius 2 is 2.00 bits per heavy atom. The highest BCUT2D eigenvalue weighted by Crippen LogP contribution is 2.31. The molecule has 0 aromatic rings. The first-order chi connectivity index (χ1) is 7.54. The first-order valence-electron chi connectivity index (χ1n) is 5.73. The van der Waals surface area contributed by atoms with E-state index in [-0.39, 0.29) is 12.8 Å². The van der Waals surface area contributed by atoms with E-state index in [1.54, 1.807) is 0 Å². The molecule has 0 aliphatic heterocycles. The van der Waals surface area contributed by atoms with Crippen LogP contribution in [-0.4, -0.2) is 55.0 Å². The van der Waals surface area contributed by atoms with E-state index in [1.807, 2.05) is 0 Å². The number of aliphatic hydroxyl groups excluding tert-OH is 3. The third-order valence-corrected chi connectivity index (χ3v) is 3.29. The number of hydrogen-bond donors (Lipinski definition) is 5. The van der Waals surface area contributed by atoms with Crippen molar-refractivity contribution >= 4 is 0 Å². The number of hydrogen-bond acceptors (Lipinski definition) is 5. The Hall–Kier alpha value is -0.460. The number of rotatable bonds is 3. The second kappa shape index (κ2) is 4.66. The molecule has 0 aromatic carbocycles. The first kappa shape index (κ1) is 14.6. The van der Waals surface area contributed by atoms with Crippen LogP contribution in [0.3, 0.4) is 0 Å². The largest absolute Gasteiger partial charge is 0.390 e. The molecule has 0 spiro atoms. The maximum absolute atomic E-state index is 9.80. The van der Waals surface area contributed by atoms with Crippen molar-refractivity contribution in [1.82, 2.24) is 0 Å². The van der Waals surface area contributed by atoms with Crippen LogP contribution in [0.5, 0.6) is 0 Å². The van der Waals surface area contributed by atoms with E-state index < -0.39 is 29.5 Å². The zero-order valence-corrected chi connectivity index (χ0v) is 10.5. The molecule has 100 valence electrons. The zero-order valence-electron chi connectivity index (χ0n) is 10.5. The lowest BCUT2D eigenvalue weighted by Crippen LogP contribution is -2.46. The van der Waals surface area contributed by atoms with Crippen molar-refractivity contribution in [1.29, 1.82) is 0 Å². The van der Waals surface area contributed by atoms with Crippen LogP contribution in [0, 0.1) is 0 Å². The van der Waals surface area contributed by atoms with Crippen LogP contribution in [0.15, 0.2) is 11.6 Å². The van der Waals surface area contributed by atoms with E-state index in [0.717, 1.165) is 0 Å². The molecule has 4 atom stereocenters. The normalized spacial score (nSPS) is 36.6. The lowest BCUT2D eigenvalue weighted by Gasteiger charge is -2.37. The molecule has 0 unspecified atom stereocenters. The molecule has 0 heterocycles. The van der Waals surface area contributed by atoms with Crippen LogP contribution in [-0.2, 0) is 0 Å². The summed E-state index contributed by atoms with van der Waals surface area (Å²) in [5.74, 6) is 0. The van der Waals surface area contributed by atoms with Crippen molar-refractivity contribution < 1.29 is 25.5 Å². The van der Waals surface area contributed by atoms with Gasteiger partial charge in [-0.05, 0) is 32.8 Å². The lowest BCUT2D eigenvalue weighted by atomic mass is 9.80. The van der Waals surface area contributed by atoms with Crippen molar-refractivity contribution in [3.8, 4) is 0 Å². The summed E-state index contributed by atoms with van der Waals surface area (Å²) >= 11 is 0. The second-order valence-corrected chi connectivity index (χ2v) is 5.64. The monoisotopic (exact) mass is 246 g/mol. The van der Waals surface area contributed by atoms with Gasteiger partial charge in [-0.2, -0.15) is 0 Å². The predicted octanol–water partition coefficient (Wildman–Crippen LogP) is -0.689. The fraction of sp³-hybridized carbons (Fsp3) is 0.833. The molecule has 5 N–H and O–H groups in total. The van der Waals surface area contributed by atoms with Gasteiger partial charge in [0.05, 0.1) is 23.4 Å². The summed E-state index contributed by atoms with van der Waals surface area (Å²) < 4.78 is 0. The highest BCUT2D eigenvalue weighted by Gasteiger charge is 2.38. The highest BCUT2D eigenvalue weighted by molar-refractivity contribution is 5.20. The van der Waals surface area contributed by atoms with Crippen molar-refractivity contribution in [2.24, 2.45) is 0 Å². The van der Waals surface area contributed by atoms with E-state index in [2.05, 4.69) is 0 Å². The zero-order chi connectivity index (χ0) is 13.4. The van der Waals surface area contributed by atoms with E-state index in [1.165, 1.54) is 26.8 Å². The van der Waals surface area contributed by atoms with Gasteiger partial charge in [-0.25, -0.2) is 0 Å². The van der Waals surface area contributed by atoms with Crippen molar-refractivity contribution in [3.05, 3.63) is 11.6 Å². The summed E-state index contributed by atoms with van der Waals surface area (Å²) in [5.41, 5.74) is -2.19. The Bertz CT molecular complexity index is 303. The fourth-order valence-corrected chi connectivity index (χ4v) is 1.81. The standard InChI is InChI=1S/C12H22O5/c1-11(2,16)9(14)4-7-5-10(15)12(3,17)6-8(7)13/h5,8-10,13-17H,4,6H2,1-3H3/t8-,9-,10-,12-/m0/s1. The molecular formula is C12H22O5. The molecule has 5 nitrogen and oxygen atoms in total. The molecule has 1 aliphatic rings. The molecular weight excluding hydrogens is 224 g/mol. The summed E-state index contributed by atoms with van der Waals surface area (Å²) in [7, 11) is 0. The molecule has 5 heteroatoms. The van der Waals surface area contributed by atoms with E-state index in [4.69, 9.17) is 0 Å². The molecule has 1 aliphatic carbocycles. The molecule has 0 radical (unpaired) electrons. The fourth-order valence-electron chi connectivity index (χ4n) is 1.81. The Balaban J connectivity index is 2.79. The lowest BCUT2D eigenvalue weighted by molar-refractivity contribution is -0.0783. The van der Waals surface area contributed by atoms with Gasteiger partial charge < -0.3 is 25.5 Å². The van der Waals surface area contributed by atoms with Gasteiger partial charge >= 0.3 is 0 Å². The summed E-state index contributed by atoms with van der Waals surface area (Å²) in [6.07, 6.45) is -1.58. The van der Waals surface area contributed by atoms with E-state index in [9.17, 15) is 25.5 Å². The van der Waals surface area contributed by atoms with Crippen LogP contribution in [0.4, 0.5) is 0 Å². The van der Waals surface area contributed by atoms with Gasteiger partial charge in [-0.1, -0.05) is 6.08 Å². The SMILES string of the molecule is CC(C)(O)[C@@H](O)CC1=C[C@H](O)[C@@](C)(O)C[C@@H]1O. The van der Waals surface area contributed by atoms with Gasteiger partial charge in [-0.15, -0.1) is 0 Å². The van der Waals surface area contributed by atoms with Gasteiger partial charge in [0.2, 0.25) is 0 Å². The van der Waals surface area contributed by atoms with Crippen molar-refractivity contribution in [2.45, 2.75) is 63.1 Å². The average Bonchev–Trinajstić information content (AvgIpc) is 2.11. The summed E-state index contributed by atoms with van der Waals surface area (Å²) in [4.78, 5) is 0. The smallest absolute Gasteiger partial charge is 0.101 e. The summed E-state index contributed by atoms with van der Waals surface area (Å²) in [6.45, 7) is 4.39. The van der Waals surface area contributed by atoms with Crippen LogP contribution >= 0.6 is 0 Å². The molecule has 0 saturated carbocycles. The number of aliphatic hydroxyl groups is 5. The Kier molecular flexibility index (Phi) is 4.01. The third-order valence-electron chi connectivity index (χ3n) is 3.29. The summed E-state index contributed by atoms with van der Waals surface area (Å²) in [6, 6.07) is 0. The van der Waals surface area contributed by atoms with Crippen LogP contribution in [0.1, 0.15) is 33.6 Å². The van der Waals surface area contributed by atoms with Gasteiger partial charge in [0, 0.05) is 6.42 Å². The first-order valence-corrected chi connectivity index (χ1v) is 5.73. The third kappa shape index (κ3) is 3.50. The molecule has 0 bridgehead atoms. The van der Waals surface area contributed by atoms with E-state index in [0.29, 0.717) is 5.57 Å². The van der Waals surface area contributed by atoms with Crippen LogP contribution in [0.25, 0.3) is 0 Å². The topological polar surface area (TPSA) is 101 Å². The quantitative estimate of drug-likeness (QED) is 0.424. The maximum Gasteiger partial charge on any atom is 0.101 e. The van der Waals surface area contributed by atoms with Gasteiger partial charge in [0.1, 0.15) is 6.10 Å². The van der Waals surface area contributed by atoms with Crippen LogP contribution in [0.2, 0.25) is 0 Å². The Morgan fingerprint density at radius 3 is 2.47 bits per heavy atom. The van der Waals surface area contributed by atoms with E-state index >= 15 is 0 Å². The van der Waals surface area contributed by atoms with Gasteiger partial charge in [0.25, 0.3) is 0 Å². The average molecular weight is 246 g/mol. The molecule has 1 rings (SSSR count). The Labute approximate surface area is 101 Å². The predicted molar refractivity (Wildman–Crippen MR) is 62.3 cm³/mol. The maximum atomic E-state index is 9.80. The highest BCUT2D eigenvalue weighted by atomic mass is 16.3. The minimum atomic E-state index is -1.36. The van der Waals surface area contributed by atoms with Gasteiger partial charge in [-0.3, -0.25) is 0 Å². The molecule has 0 aromatic heterocycles. The van der Waals surface area contributed by atoms with Crippen molar-refractivity contribution in [2.75, 3.05) is 0 Å². The van der Waals surface area contributed by atoms with Crippen LogP contribution < -0.4 is 0 Å². The molecule has 0 saturated heterocycles. The molecule has 0 fully saturated rings. The molecule has 0 amide bonds. The Morgan fingerprint density at radius 1 is 1.47 bits per heavy atom. The van der Waals surface area contributed by atoms with Crippen molar-refractivity contribution in [3.63, 3.8) is 0 Å². The molecule has 17 heavy (non-hydrogen) atoms. The summed E-state index contributed by atoms with van der Waals surface area (Å²) in [5, 5.41) is 48.5.